The molecule has 35 heavy (non-hydrogen) atoms. The molecule has 1 aromatic heterocycles. The molecule has 6 rings (SSSR count). The molecule has 0 radical (unpaired) electrons. The summed E-state index contributed by atoms with van der Waals surface area (Å²) in [5.41, 5.74) is 2.77. The van der Waals surface area contributed by atoms with Gasteiger partial charge >= 0.3 is 0 Å². The quantitative estimate of drug-likeness (QED) is 0.564. The molecule has 2 amide bonds. The van der Waals surface area contributed by atoms with Crippen molar-refractivity contribution in [3.8, 4) is 11.4 Å². The third kappa shape index (κ3) is 4.29. The first-order valence-electron chi connectivity index (χ1n) is 12.5. The fourth-order valence-corrected chi connectivity index (χ4v) is 5.19. The summed E-state index contributed by atoms with van der Waals surface area (Å²) >= 11 is 0. The van der Waals surface area contributed by atoms with Gasteiger partial charge in [0.2, 0.25) is 23.5 Å². The Hall–Kier alpha value is -3.68. The second-order valence-corrected chi connectivity index (χ2v) is 9.69. The fraction of sp³-hybridized carbons (Fsp3) is 0.407. The van der Waals surface area contributed by atoms with Crippen molar-refractivity contribution in [2.45, 2.75) is 31.6 Å². The lowest BCUT2D eigenvalue weighted by atomic mass is 9.85. The van der Waals surface area contributed by atoms with Gasteiger partial charge < -0.3 is 19.2 Å². The Kier molecular flexibility index (Phi) is 5.72. The van der Waals surface area contributed by atoms with Crippen LogP contribution in [0.25, 0.3) is 11.4 Å². The lowest BCUT2D eigenvalue weighted by Gasteiger charge is -2.37. The predicted octanol–water partition coefficient (Wildman–Crippen LogP) is 3.71. The van der Waals surface area contributed by atoms with Gasteiger partial charge in [0.15, 0.2) is 0 Å². The SMILES string of the molecule is O=C(C1CC(=O)N(c2cccc(-c3noc(C4CCC4)n3)c2)C1)N1CCN(c2ccccc2)CC1. The average Bonchev–Trinajstić information content (AvgIpc) is 3.50. The molecule has 0 N–H and O–H groups in total. The van der Waals surface area contributed by atoms with Crippen LogP contribution < -0.4 is 9.80 Å². The summed E-state index contributed by atoms with van der Waals surface area (Å²) in [6.45, 7) is 3.36. The summed E-state index contributed by atoms with van der Waals surface area (Å²) in [6.07, 6.45) is 3.65. The second-order valence-electron chi connectivity index (χ2n) is 9.69. The standard InChI is InChI=1S/C27H29N5O3/c33-24-17-21(27(34)31-14-12-30(13-15-31)22-9-2-1-3-10-22)18-32(24)23-11-5-8-20(16-23)25-28-26(35-29-25)19-6-4-7-19/h1-3,5,8-11,16,19,21H,4,6-7,12-15,17-18H2. The van der Waals surface area contributed by atoms with Gasteiger partial charge in [-0.25, -0.2) is 0 Å². The minimum absolute atomic E-state index is 0.0216. The maximum absolute atomic E-state index is 13.3. The lowest BCUT2D eigenvalue weighted by molar-refractivity contribution is -0.136. The van der Waals surface area contributed by atoms with Gasteiger partial charge in [-0.05, 0) is 37.1 Å². The van der Waals surface area contributed by atoms with Crippen molar-refractivity contribution >= 4 is 23.2 Å². The average molecular weight is 472 g/mol. The number of hydrogen-bond acceptors (Lipinski definition) is 6. The van der Waals surface area contributed by atoms with Crippen molar-refractivity contribution in [1.29, 1.82) is 0 Å². The molecule has 0 spiro atoms. The van der Waals surface area contributed by atoms with E-state index in [0.717, 1.165) is 37.2 Å². The Morgan fingerprint density at radius 2 is 1.71 bits per heavy atom. The molecule has 1 saturated carbocycles. The monoisotopic (exact) mass is 471 g/mol. The number of para-hydroxylation sites is 1. The predicted molar refractivity (Wildman–Crippen MR) is 132 cm³/mol. The van der Waals surface area contributed by atoms with E-state index in [4.69, 9.17) is 4.52 Å². The molecule has 8 nitrogen and oxygen atoms in total. The van der Waals surface area contributed by atoms with E-state index in [1.165, 1.54) is 12.1 Å². The van der Waals surface area contributed by atoms with Crippen LogP contribution >= 0.6 is 0 Å². The van der Waals surface area contributed by atoms with E-state index in [-0.39, 0.29) is 24.2 Å². The van der Waals surface area contributed by atoms with E-state index in [0.29, 0.717) is 37.3 Å². The number of hydrogen-bond donors (Lipinski definition) is 0. The molecule has 180 valence electrons. The summed E-state index contributed by atoms with van der Waals surface area (Å²) in [7, 11) is 0. The topological polar surface area (TPSA) is 82.8 Å². The van der Waals surface area contributed by atoms with Crippen LogP contribution in [0.4, 0.5) is 11.4 Å². The third-order valence-electron chi connectivity index (χ3n) is 7.50. The van der Waals surface area contributed by atoms with Gasteiger partial charge in [0.25, 0.3) is 0 Å². The Bertz CT molecular complexity index is 1210. The molecule has 0 bridgehead atoms. The number of rotatable bonds is 5. The van der Waals surface area contributed by atoms with Crippen molar-refractivity contribution in [1.82, 2.24) is 15.0 Å². The summed E-state index contributed by atoms with van der Waals surface area (Å²) < 4.78 is 5.47. The zero-order valence-electron chi connectivity index (χ0n) is 19.7. The van der Waals surface area contributed by atoms with E-state index in [1.807, 2.05) is 47.4 Å². The Morgan fingerprint density at radius 1 is 0.943 bits per heavy atom. The third-order valence-corrected chi connectivity index (χ3v) is 7.50. The molecule has 1 atom stereocenters. The van der Waals surface area contributed by atoms with Crippen LogP contribution in [-0.4, -0.2) is 59.6 Å². The number of aromatic nitrogens is 2. The van der Waals surface area contributed by atoms with Crippen LogP contribution in [0.1, 0.15) is 37.5 Å². The Morgan fingerprint density at radius 3 is 2.46 bits per heavy atom. The first kappa shape index (κ1) is 21.8. The normalized spacial score (nSPS) is 20.9. The Balaban J connectivity index is 1.10. The highest BCUT2D eigenvalue weighted by Crippen LogP contribution is 2.36. The van der Waals surface area contributed by atoms with Crippen molar-refractivity contribution < 1.29 is 14.1 Å². The van der Waals surface area contributed by atoms with Gasteiger partial charge in [0.1, 0.15) is 0 Å². The van der Waals surface area contributed by atoms with E-state index in [9.17, 15) is 9.59 Å². The van der Waals surface area contributed by atoms with Crippen LogP contribution in [-0.2, 0) is 9.59 Å². The minimum atomic E-state index is -0.315. The molecule has 3 aliphatic rings. The smallest absolute Gasteiger partial charge is 0.230 e. The first-order chi connectivity index (χ1) is 17.2. The van der Waals surface area contributed by atoms with Gasteiger partial charge in [-0.1, -0.05) is 41.9 Å². The zero-order valence-corrected chi connectivity index (χ0v) is 19.7. The number of anilines is 2. The number of carbonyl (C=O) groups is 2. The summed E-state index contributed by atoms with van der Waals surface area (Å²) in [5, 5.41) is 4.15. The molecule has 3 heterocycles. The van der Waals surface area contributed by atoms with Gasteiger partial charge in [0, 0.05) is 62.0 Å². The van der Waals surface area contributed by atoms with Crippen LogP contribution in [0.3, 0.4) is 0 Å². The van der Waals surface area contributed by atoms with Crippen LogP contribution in [0.5, 0.6) is 0 Å². The number of carbonyl (C=O) groups excluding carboxylic acids is 2. The van der Waals surface area contributed by atoms with Gasteiger partial charge in [0.05, 0.1) is 5.92 Å². The number of piperazine rings is 1. The summed E-state index contributed by atoms with van der Waals surface area (Å²) in [5.74, 6) is 1.36. The highest BCUT2D eigenvalue weighted by molar-refractivity contribution is 6.00. The molecule has 2 aliphatic heterocycles. The minimum Gasteiger partial charge on any atom is -0.368 e. The van der Waals surface area contributed by atoms with Crippen LogP contribution in [0.15, 0.2) is 59.1 Å². The summed E-state index contributed by atoms with van der Waals surface area (Å²) in [4.78, 5) is 36.7. The fourth-order valence-electron chi connectivity index (χ4n) is 5.19. The van der Waals surface area contributed by atoms with E-state index >= 15 is 0 Å². The lowest BCUT2D eigenvalue weighted by Crippen LogP contribution is -2.50. The van der Waals surface area contributed by atoms with E-state index in [1.54, 1.807) is 4.90 Å². The molecule has 1 unspecified atom stereocenters. The molecule has 1 aliphatic carbocycles. The van der Waals surface area contributed by atoms with Crippen molar-refractivity contribution in [3.05, 3.63) is 60.5 Å². The van der Waals surface area contributed by atoms with Crippen LogP contribution in [0.2, 0.25) is 0 Å². The number of benzene rings is 2. The Labute approximate surface area is 204 Å². The zero-order chi connectivity index (χ0) is 23.8. The number of amides is 2. The van der Waals surface area contributed by atoms with Gasteiger partial charge in [-0.2, -0.15) is 4.98 Å². The van der Waals surface area contributed by atoms with Gasteiger partial charge in [-0.3, -0.25) is 9.59 Å². The highest BCUT2D eigenvalue weighted by atomic mass is 16.5. The molecular formula is C27H29N5O3. The van der Waals surface area contributed by atoms with Crippen LogP contribution in [0, 0.1) is 5.92 Å². The molecule has 3 aromatic rings. The molecule has 3 fully saturated rings. The van der Waals surface area contributed by atoms with Gasteiger partial charge in [-0.15, -0.1) is 0 Å². The van der Waals surface area contributed by atoms with Crippen molar-refractivity contribution in [2.75, 3.05) is 42.5 Å². The molecular weight excluding hydrogens is 442 g/mol. The van der Waals surface area contributed by atoms with Crippen molar-refractivity contribution in [3.63, 3.8) is 0 Å². The molecule has 2 aromatic carbocycles. The van der Waals surface area contributed by atoms with E-state index in [2.05, 4.69) is 27.2 Å². The maximum atomic E-state index is 13.3. The van der Waals surface area contributed by atoms with Crippen molar-refractivity contribution in [2.24, 2.45) is 5.92 Å². The largest absolute Gasteiger partial charge is 0.368 e. The highest BCUT2D eigenvalue weighted by Gasteiger charge is 2.38. The maximum Gasteiger partial charge on any atom is 0.230 e. The number of nitrogens with zero attached hydrogens (tertiary/aromatic N) is 5. The first-order valence-corrected chi connectivity index (χ1v) is 12.5. The second kappa shape index (κ2) is 9.17. The summed E-state index contributed by atoms with van der Waals surface area (Å²) in [6, 6.07) is 17.9. The molecule has 2 saturated heterocycles. The van der Waals surface area contributed by atoms with E-state index < -0.39 is 0 Å². The molecule has 8 heteroatoms.